The molecule has 2 aromatic carbocycles. The maximum absolute atomic E-state index is 12.9. The number of rotatable bonds is 7. The Morgan fingerprint density at radius 2 is 1.70 bits per heavy atom. The molecule has 0 spiro atoms. The number of aryl methyl sites for hydroxylation is 1. The summed E-state index contributed by atoms with van der Waals surface area (Å²) in [5.74, 6) is -0.622. The number of hydrogen-bond donors (Lipinski definition) is 3. The zero-order valence-electron chi connectivity index (χ0n) is 18.7. The van der Waals surface area contributed by atoms with Crippen molar-refractivity contribution in [2.45, 2.75) is 25.3 Å². The third kappa shape index (κ3) is 5.25. The van der Waals surface area contributed by atoms with Gasteiger partial charge in [0.15, 0.2) is 0 Å². The van der Waals surface area contributed by atoms with Crippen LogP contribution < -0.4 is 15.6 Å². The Hall–Kier alpha value is -3.59. The number of hydrogen-bond acceptors (Lipinski definition) is 6. The van der Waals surface area contributed by atoms with E-state index in [0.29, 0.717) is 25.9 Å². The summed E-state index contributed by atoms with van der Waals surface area (Å²) in [7, 11) is 0. The summed E-state index contributed by atoms with van der Waals surface area (Å²) >= 11 is 0. The SMILES string of the molecule is CC1(CCc2ccccc2)NC(=O)N(NC(=O)CN2CCN(c3ccc(O)cc3)CC2)C1=O. The van der Waals surface area contributed by atoms with Gasteiger partial charge in [0.25, 0.3) is 11.8 Å². The Bertz CT molecular complexity index is 1010. The first-order valence-corrected chi connectivity index (χ1v) is 11.1. The fourth-order valence-corrected chi connectivity index (χ4v) is 4.19. The predicted molar refractivity (Wildman–Crippen MR) is 123 cm³/mol. The number of imide groups is 1. The number of piperazine rings is 1. The standard InChI is InChI=1S/C24H29N5O4/c1-24(12-11-18-5-3-2-4-6-18)22(32)29(23(33)25-24)26-21(31)17-27-13-15-28(16-14-27)19-7-9-20(30)10-8-19/h2-10,30H,11-17H2,1H3,(H,25,33)(H,26,31). The molecule has 1 atom stereocenters. The van der Waals surface area contributed by atoms with Gasteiger partial charge in [0.1, 0.15) is 11.3 Å². The van der Waals surface area contributed by atoms with E-state index in [0.717, 1.165) is 29.3 Å². The topological polar surface area (TPSA) is 105 Å². The van der Waals surface area contributed by atoms with Crippen molar-refractivity contribution in [1.82, 2.24) is 20.7 Å². The van der Waals surface area contributed by atoms with Crippen LogP contribution in [0.1, 0.15) is 18.9 Å². The quantitative estimate of drug-likeness (QED) is 0.551. The highest BCUT2D eigenvalue weighted by molar-refractivity contribution is 6.07. The number of nitrogens with zero attached hydrogens (tertiary/aromatic N) is 3. The minimum atomic E-state index is -1.06. The molecule has 0 radical (unpaired) electrons. The molecule has 2 fully saturated rings. The summed E-state index contributed by atoms with van der Waals surface area (Å²) in [6.07, 6.45) is 1.07. The lowest BCUT2D eigenvalue weighted by molar-refractivity contribution is -0.139. The summed E-state index contributed by atoms with van der Waals surface area (Å²) in [6.45, 7) is 4.59. The summed E-state index contributed by atoms with van der Waals surface area (Å²) in [5, 5.41) is 13.0. The normalized spacial score (nSPS) is 21.2. The average molecular weight is 452 g/mol. The molecule has 0 bridgehead atoms. The van der Waals surface area contributed by atoms with Gasteiger partial charge in [-0.05, 0) is 49.6 Å². The molecular formula is C24H29N5O4. The zero-order chi connectivity index (χ0) is 23.4. The van der Waals surface area contributed by atoms with Crippen molar-refractivity contribution in [2.75, 3.05) is 37.6 Å². The average Bonchev–Trinajstić information content (AvgIpc) is 3.03. The molecular weight excluding hydrogens is 422 g/mol. The molecule has 2 aliphatic rings. The number of hydrazine groups is 1. The largest absolute Gasteiger partial charge is 0.508 e. The number of carbonyl (C=O) groups is 3. The second kappa shape index (κ2) is 9.50. The van der Waals surface area contributed by atoms with E-state index in [1.807, 2.05) is 47.4 Å². The van der Waals surface area contributed by atoms with E-state index in [4.69, 9.17) is 0 Å². The molecule has 4 rings (SSSR count). The zero-order valence-corrected chi connectivity index (χ0v) is 18.7. The molecule has 0 aliphatic carbocycles. The van der Waals surface area contributed by atoms with Crippen LogP contribution in [0.2, 0.25) is 0 Å². The van der Waals surface area contributed by atoms with Crippen LogP contribution in [0.5, 0.6) is 5.75 Å². The van der Waals surface area contributed by atoms with Crippen molar-refractivity contribution in [3.8, 4) is 5.75 Å². The third-order valence-electron chi connectivity index (χ3n) is 6.21. The van der Waals surface area contributed by atoms with Crippen LogP contribution in [0.4, 0.5) is 10.5 Å². The lowest BCUT2D eigenvalue weighted by Crippen LogP contribution is -2.54. The number of phenols is 1. The lowest BCUT2D eigenvalue weighted by atomic mass is 9.93. The molecule has 0 saturated carbocycles. The minimum Gasteiger partial charge on any atom is -0.508 e. The number of benzene rings is 2. The smallest absolute Gasteiger partial charge is 0.344 e. The molecule has 2 saturated heterocycles. The lowest BCUT2D eigenvalue weighted by Gasteiger charge is -2.35. The molecule has 1 unspecified atom stereocenters. The first kappa shape index (κ1) is 22.6. The van der Waals surface area contributed by atoms with Gasteiger partial charge in [0.2, 0.25) is 0 Å². The number of phenolic OH excluding ortho intramolecular Hbond substituents is 1. The number of aromatic hydroxyl groups is 1. The molecule has 174 valence electrons. The van der Waals surface area contributed by atoms with Gasteiger partial charge in [-0.1, -0.05) is 30.3 Å². The van der Waals surface area contributed by atoms with Crippen LogP contribution in [0.25, 0.3) is 0 Å². The van der Waals surface area contributed by atoms with Gasteiger partial charge in [-0.3, -0.25) is 19.9 Å². The van der Waals surface area contributed by atoms with Gasteiger partial charge >= 0.3 is 6.03 Å². The van der Waals surface area contributed by atoms with Gasteiger partial charge < -0.3 is 15.3 Å². The molecule has 2 aromatic rings. The van der Waals surface area contributed by atoms with E-state index >= 15 is 0 Å². The van der Waals surface area contributed by atoms with Crippen molar-refractivity contribution in [3.63, 3.8) is 0 Å². The summed E-state index contributed by atoms with van der Waals surface area (Å²) in [4.78, 5) is 42.0. The maximum Gasteiger partial charge on any atom is 0.344 e. The highest BCUT2D eigenvalue weighted by Crippen LogP contribution is 2.23. The van der Waals surface area contributed by atoms with Gasteiger partial charge in [-0.25, -0.2) is 4.79 Å². The minimum absolute atomic E-state index is 0.0984. The number of nitrogens with one attached hydrogen (secondary N) is 2. The predicted octanol–water partition coefficient (Wildman–Crippen LogP) is 1.49. The molecule has 0 aromatic heterocycles. The first-order chi connectivity index (χ1) is 15.8. The van der Waals surface area contributed by atoms with Gasteiger partial charge in [0.05, 0.1) is 6.54 Å². The van der Waals surface area contributed by atoms with E-state index in [1.54, 1.807) is 19.1 Å². The molecule has 2 heterocycles. The molecule has 4 amide bonds. The van der Waals surface area contributed by atoms with E-state index in [1.165, 1.54) is 0 Å². The van der Waals surface area contributed by atoms with Crippen molar-refractivity contribution in [1.29, 1.82) is 0 Å². The summed E-state index contributed by atoms with van der Waals surface area (Å²) < 4.78 is 0. The van der Waals surface area contributed by atoms with Crippen LogP contribution in [0, 0.1) is 0 Å². The number of amides is 4. The third-order valence-corrected chi connectivity index (χ3v) is 6.21. The van der Waals surface area contributed by atoms with Gasteiger partial charge in [-0.2, -0.15) is 5.01 Å². The van der Waals surface area contributed by atoms with Crippen LogP contribution in [-0.2, 0) is 16.0 Å². The molecule has 9 heteroatoms. The first-order valence-electron chi connectivity index (χ1n) is 11.1. The summed E-state index contributed by atoms with van der Waals surface area (Å²) in [5.41, 5.74) is 3.52. The van der Waals surface area contributed by atoms with Crippen molar-refractivity contribution in [2.24, 2.45) is 0 Å². The van der Waals surface area contributed by atoms with E-state index in [-0.39, 0.29) is 12.3 Å². The fourth-order valence-electron chi connectivity index (χ4n) is 4.19. The Labute approximate surface area is 192 Å². The van der Waals surface area contributed by atoms with Crippen molar-refractivity contribution < 1.29 is 19.5 Å². The van der Waals surface area contributed by atoms with E-state index in [9.17, 15) is 19.5 Å². The molecule has 33 heavy (non-hydrogen) atoms. The van der Waals surface area contributed by atoms with Gasteiger partial charge in [0, 0.05) is 31.9 Å². The van der Waals surface area contributed by atoms with Crippen LogP contribution in [0.15, 0.2) is 54.6 Å². The maximum atomic E-state index is 12.9. The Kier molecular flexibility index (Phi) is 6.50. The van der Waals surface area contributed by atoms with Crippen LogP contribution >= 0.6 is 0 Å². The highest BCUT2D eigenvalue weighted by Gasteiger charge is 2.48. The van der Waals surface area contributed by atoms with E-state index < -0.39 is 23.4 Å². The molecule has 9 nitrogen and oxygen atoms in total. The molecule has 2 aliphatic heterocycles. The molecule has 3 N–H and O–H groups in total. The Balaban J connectivity index is 1.26. The monoisotopic (exact) mass is 451 g/mol. The second-order valence-corrected chi connectivity index (χ2v) is 8.70. The second-order valence-electron chi connectivity index (χ2n) is 8.70. The van der Waals surface area contributed by atoms with Crippen LogP contribution in [-0.4, -0.2) is 71.1 Å². The van der Waals surface area contributed by atoms with Crippen molar-refractivity contribution >= 4 is 23.5 Å². The Morgan fingerprint density at radius 1 is 1.03 bits per heavy atom. The van der Waals surface area contributed by atoms with Crippen LogP contribution in [0.3, 0.4) is 0 Å². The Morgan fingerprint density at radius 3 is 2.36 bits per heavy atom. The fraction of sp³-hybridized carbons (Fsp3) is 0.375. The van der Waals surface area contributed by atoms with E-state index in [2.05, 4.69) is 15.6 Å². The number of anilines is 1. The van der Waals surface area contributed by atoms with Gasteiger partial charge in [-0.15, -0.1) is 0 Å². The number of urea groups is 1. The van der Waals surface area contributed by atoms with Crippen molar-refractivity contribution in [3.05, 3.63) is 60.2 Å². The summed E-state index contributed by atoms with van der Waals surface area (Å²) in [6, 6.07) is 16.2. The highest BCUT2D eigenvalue weighted by atomic mass is 16.3. The number of carbonyl (C=O) groups excluding carboxylic acids is 3.